The summed E-state index contributed by atoms with van der Waals surface area (Å²) in [6.07, 6.45) is -0.374. The summed E-state index contributed by atoms with van der Waals surface area (Å²) in [5.74, 6) is -1.08. The lowest BCUT2D eigenvalue weighted by Gasteiger charge is -2.14. The SMILES string of the molecule is COc1cc(CC(=O)O)cc(S(=O)(=O)NCC#N)c1OC. The first-order valence-electron chi connectivity index (χ1n) is 5.69. The summed E-state index contributed by atoms with van der Waals surface area (Å²) in [7, 11) is -1.46. The summed E-state index contributed by atoms with van der Waals surface area (Å²) in [5, 5.41) is 17.3. The first kappa shape index (κ1) is 16.7. The standard InChI is InChI=1S/C12H14N2O6S/c1-19-9-5-8(7-11(15)16)6-10(12(9)20-2)21(17,18)14-4-3-13/h5-6,14H,4,7H2,1-2H3,(H,15,16). The molecule has 0 radical (unpaired) electrons. The third-order valence-corrected chi connectivity index (χ3v) is 3.90. The first-order chi connectivity index (χ1) is 9.85. The number of nitrogens with zero attached hydrogens (tertiary/aromatic N) is 1. The fourth-order valence-corrected chi connectivity index (χ4v) is 2.81. The Bertz CT molecular complexity index is 678. The van der Waals surface area contributed by atoms with Gasteiger partial charge in [-0.25, -0.2) is 8.42 Å². The maximum Gasteiger partial charge on any atom is 0.307 e. The van der Waals surface area contributed by atoms with E-state index in [0.29, 0.717) is 0 Å². The van der Waals surface area contributed by atoms with E-state index in [1.54, 1.807) is 6.07 Å². The molecule has 0 atom stereocenters. The lowest BCUT2D eigenvalue weighted by molar-refractivity contribution is -0.136. The Morgan fingerprint density at radius 2 is 2.05 bits per heavy atom. The number of rotatable bonds is 7. The van der Waals surface area contributed by atoms with Crippen LogP contribution in [0.1, 0.15) is 5.56 Å². The Hall–Kier alpha value is -2.31. The van der Waals surface area contributed by atoms with E-state index < -0.39 is 22.5 Å². The van der Waals surface area contributed by atoms with Gasteiger partial charge in [0.25, 0.3) is 0 Å². The van der Waals surface area contributed by atoms with E-state index in [-0.39, 0.29) is 28.4 Å². The number of carboxylic acid groups (broad SMARTS) is 1. The molecule has 21 heavy (non-hydrogen) atoms. The molecule has 9 heteroatoms. The molecule has 0 amide bonds. The van der Waals surface area contributed by atoms with Crippen molar-refractivity contribution in [2.45, 2.75) is 11.3 Å². The molecule has 0 saturated heterocycles. The van der Waals surface area contributed by atoms with Gasteiger partial charge in [-0.2, -0.15) is 9.98 Å². The van der Waals surface area contributed by atoms with E-state index in [2.05, 4.69) is 4.72 Å². The van der Waals surface area contributed by atoms with Crippen molar-refractivity contribution in [2.24, 2.45) is 0 Å². The van der Waals surface area contributed by atoms with E-state index >= 15 is 0 Å². The number of nitriles is 1. The van der Waals surface area contributed by atoms with Crippen molar-refractivity contribution >= 4 is 16.0 Å². The van der Waals surface area contributed by atoms with Gasteiger partial charge >= 0.3 is 5.97 Å². The van der Waals surface area contributed by atoms with E-state index in [4.69, 9.17) is 19.8 Å². The van der Waals surface area contributed by atoms with Crippen LogP contribution in [0.15, 0.2) is 17.0 Å². The molecule has 0 heterocycles. The predicted octanol–water partition coefficient (Wildman–Crippen LogP) is 0.133. The van der Waals surface area contributed by atoms with E-state index in [0.717, 1.165) is 0 Å². The van der Waals surface area contributed by atoms with Crippen LogP contribution in [0.4, 0.5) is 0 Å². The Kier molecular flexibility index (Phi) is 5.52. The summed E-state index contributed by atoms with van der Waals surface area (Å²) in [6, 6.07) is 4.21. The minimum absolute atomic E-state index is 0.0583. The molecule has 0 spiro atoms. The molecule has 8 nitrogen and oxygen atoms in total. The Morgan fingerprint density at radius 1 is 1.38 bits per heavy atom. The van der Waals surface area contributed by atoms with E-state index in [1.165, 1.54) is 26.4 Å². The zero-order valence-electron chi connectivity index (χ0n) is 11.4. The van der Waals surface area contributed by atoms with Gasteiger partial charge < -0.3 is 14.6 Å². The molecule has 1 aromatic rings. The number of carboxylic acids is 1. The molecule has 1 aromatic carbocycles. The minimum Gasteiger partial charge on any atom is -0.493 e. The molecule has 1 rings (SSSR count). The lowest BCUT2D eigenvalue weighted by atomic mass is 10.1. The Morgan fingerprint density at radius 3 is 2.52 bits per heavy atom. The van der Waals surface area contributed by atoms with Crippen LogP contribution >= 0.6 is 0 Å². The summed E-state index contributed by atoms with van der Waals surface area (Å²) < 4.78 is 36.4. The van der Waals surface area contributed by atoms with Crippen LogP contribution in [-0.4, -0.2) is 40.3 Å². The van der Waals surface area contributed by atoms with E-state index in [1.807, 2.05) is 0 Å². The second kappa shape index (κ2) is 6.92. The van der Waals surface area contributed by atoms with Gasteiger partial charge in [-0.1, -0.05) is 0 Å². The summed E-state index contributed by atoms with van der Waals surface area (Å²) in [4.78, 5) is 10.5. The number of hydrogen-bond acceptors (Lipinski definition) is 6. The average molecular weight is 314 g/mol. The monoisotopic (exact) mass is 314 g/mol. The number of hydrogen-bond donors (Lipinski definition) is 2. The molecule has 0 aliphatic carbocycles. The fourth-order valence-electron chi connectivity index (χ4n) is 1.67. The smallest absolute Gasteiger partial charge is 0.307 e. The summed E-state index contributed by atoms with van der Waals surface area (Å²) in [6.45, 7) is -0.420. The number of methoxy groups -OCH3 is 2. The van der Waals surface area contributed by atoms with Gasteiger partial charge in [0.2, 0.25) is 10.0 Å². The molecule has 0 aliphatic heterocycles. The molecular weight excluding hydrogens is 300 g/mol. The quantitative estimate of drug-likeness (QED) is 0.685. The Balaban J connectivity index is 3.46. The number of benzene rings is 1. The zero-order valence-corrected chi connectivity index (χ0v) is 12.2. The van der Waals surface area contributed by atoms with Crippen LogP contribution in [0.3, 0.4) is 0 Å². The summed E-state index contributed by atoms with van der Waals surface area (Å²) >= 11 is 0. The highest BCUT2D eigenvalue weighted by molar-refractivity contribution is 7.89. The van der Waals surface area contributed by atoms with E-state index in [9.17, 15) is 13.2 Å². The molecule has 0 aliphatic rings. The molecule has 114 valence electrons. The van der Waals surface area contributed by atoms with Gasteiger partial charge in [-0.3, -0.25) is 4.79 Å². The van der Waals surface area contributed by atoms with Gasteiger partial charge in [0.05, 0.1) is 33.3 Å². The van der Waals surface area contributed by atoms with Gasteiger partial charge in [0.1, 0.15) is 4.90 Å². The third kappa shape index (κ3) is 4.08. The minimum atomic E-state index is -4.03. The van der Waals surface area contributed by atoms with Crippen LogP contribution in [0.5, 0.6) is 11.5 Å². The number of ether oxygens (including phenoxy) is 2. The van der Waals surface area contributed by atoms with Crippen LogP contribution in [0.25, 0.3) is 0 Å². The molecule has 0 aromatic heterocycles. The second-order valence-corrected chi connectivity index (χ2v) is 5.62. The maximum atomic E-state index is 12.1. The number of carbonyl (C=O) groups is 1. The van der Waals surface area contributed by atoms with Crippen molar-refractivity contribution in [3.8, 4) is 17.6 Å². The van der Waals surface area contributed by atoms with Gasteiger partial charge in [0, 0.05) is 0 Å². The van der Waals surface area contributed by atoms with Crippen LogP contribution in [-0.2, 0) is 21.2 Å². The number of aliphatic carboxylic acids is 1. The highest BCUT2D eigenvalue weighted by Crippen LogP contribution is 2.35. The highest BCUT2D eigenvalue weighted by atomic mass is 32.2. The van der Waals surface area contributed by atoms with Crippen molar-refractivity contribution in [3.63, 3.8) is 0 Å². The lowest BCUT2D eigenvalue weighted by Crippen LogP contribution is -2.24. The van der Waals surface area contributed by atoms with Crippen LogP contribution < -0.4 is 14.2 Å². The highest BCUT2D eigenvalue weighted by Gasteiger charge is 2.24. The van der Waals surface area contributed by atoms with Crippen molar-refractivity contribution in [1.82, 2.24) is 4.72 Å². The topological polar surface area (TPSA) is 126 Å². The number of sulfonamides is 1. The van der Waals surface area contributed by atoms with Gasteiger partial charge in [-0.05, 0) is 17.7 Å². The molecule has 0 unspecified atom stereocenters. The summed E-state index contributed by atoms with van der Waals surface area (Å²) in [5.41, 5.74) is 0.234. The molecular formula is C12H14N2O6S. The predicted molar refractivity (Wildman–Crippen MR) is 71.7 cm³/mol. The third-order valence-electron chi connectivity index (χ3n) is 2.49. The number of nitrogens with one attached hydrogen (secondary N) is 1. The normalized spacial score (nSPS) is 10.7. The Labute approximate surface area is 122 Å². The van der Waals surface area contributed by atoms with Gasteiger partial charge in [-0.15, -0.1) is 0 Å². The fraction of sp³-hybridized carbons (Fsp3) is 0.333. The van der Waals surface area contributed by atoms with Crippen molar-refractivity contribution in [2.75, 3.05) is 20.8 Å². The van der Waals surface area contributed by atoms with Crippen LogP contribution in [0.2, 0.25) is 0 Å². The molecule has 0 fully saturated rings. The second-order valence-electron chi connectivity index (χ2n) is 3.88. The van der Waals surface area contributed by atoms with Crippen LogP contribution in [0, 0.1) is 11.3 Å². The van der Waals surface area contributed by atoms with Gasteiger partial charge in [0.15, 0.2) is 11.5 Å². The molecule has 0 bridgehead atoms. The van der Waals surface area contributed by atoms with Crippen molar-refractivity contribution < 1.29 is 27.8 Å². The first-order valence-corrected chi connectivity index (χ1v) is 7.17. The molecule has 2 N–H and O–H groups in total. The molecule has 0 saturated carbocycles. The van der Waals surface area contributed by atoms with Crippen molar-refractivity contribution in [3.05, 3.63) is 17.7 Å². The van der Waals surface area contributed by atoms with Crippen molar-refractivity contribution in [1.29, 1.82) is 5.26 Å². The maximum absolute atomic E-state index is 12.1. The average Bonchev–Trinajstić information content (AvgIpc) is 2.43. The zero-order chi connectivity index (χ0) is 16.0. The largest absolute Gasteiger partial charge is 0.493 e.